The summed E-state index contributed by atoms with van der Waals surface area (Å²) in [6.07, 6.45) is 20.6. The highest BCUT2D eigenvalue weighted by molar-refractivity contribution is 5.68. The second-order valence-corrected chi connectivity index (χ2v) is 6.52. The molecule has 0 saturated heterocycles. The maximum Gasteiger partial charge on any atom is 0.308 e. The number of hydrogen-bond acceptors (Lipinski definition) is 2. The number of hydrogen-bond donors (Lipinski definition) is 0. The Kier molecular flexibility index (Phi) is 14.8. The maximum absolute atomic E-state index is 11.6. The fraction of sp³-hybridized carbons (Fsp3) is 0.789. The average molecular weight is 359 g/mol. The summed E-state index contributed by atoms with van der Waals surface area (Å²) < 4.78 is 9.03. The number of esters is 1. The van der Waals surface area contributed by atoms with Crippen LogP contribution < -0.4 is 17.0 Å². The summed E-state index contributed by atoms with van der Waals surface area (Å²) in [5.41, 5.74) is 0. The third kappa shape index (κ3) is 12.4. The van der Waals surface area contributed by atoms with E-state index in [9.17, 15) is 4.79 Å². The number of ether oxygens (including phenoxy) is 1. The van der Waals surface area contributed by atoms with Gasteiger partial charge >= 0.3 is 5.97 Å². The highest BCUT2D eigenvalue weighted by Crippen LogP contribution is 2.12. The molecule has 0 bridgehead atoms. The van der Waals surface area contributed by atoms with Crippen molar-refractivity contribution in [3.63, 3.8) is 0 Å². The van der Waals surface area contributed by atoms with Gasteiger partial charge in [0.2, 0.25) is 13.1 Å². The number of aromatic nitrogens is 2. The van der Waals surface area contributed by atoms with Crippen molar-refractivity contribution in [2.75, 3.05) is 0 Å². The van der Waals surface area contributed by atoms with Crippen molar-refractivity contribution in [3.8, 4) is 0 Å². The molecule has 0 fully saturated rings. The molecule has 1 aromatic rings. The van der Waals surface area contributed by atoms with Gasteiger partial charge in [0.15, 0.2) is 0 Å². The lowest BCUT2D eigenvalue weighted by atomic mass is 10.1. The molecule has 0 amide bonds. The zero-order valence-corrected chi connectivity index (χ0v) is 16.3. The number of nitrogens with zero attached hydrogens (tertiary/aromatic N) is 2. The topological polar surface area (TPSA) is 35.1 Å². The molecule has 1 heterocycles. The lowest BCUT2D eigenvalue weighted by Gasteiger charge is -2.03. The highest BCUT2D eigenvalue weighted by Gasteiger charge is 2.05. The molecule has 0 N–H and O–H groups in total. The molecule has 0 spiro atoms. The lowest BCUT2D eigenvalue weighted by molar-refractivity contribution is -0.727. The third-order valence-electron chi connectivity index (χ3n) is 4.18. The number of carbonyl (C=O) groups is 1. The predicted octanol–water partition coefficient (Wildman–Crippen LogP) is 1.52. The average Bonchev–Trinajstić information content (AvgIpc) is 2.96. The Morgan fingerprint density at radius 1 is 0.958 bits per heavy atom. The van der Waals surface area contributed by atoms with E-state index in [0.29, 0.717) is 13.2 Å². The first kappa shape index (κ1) is 23.0. The number of unbranched alkanes of at least 4 members (excludes halogenated alkanes) is 10. The first-order valence-electron chi connectivity index (χ1n) is 9.39. The predicted molar refractivity (Wildman–Crippen MR) is 92.8 cm³/mol. The van der Waals surface area contributed by atoms with Gasteiger partial charge in [-0.1, -0.05) is 71.1 Å². The number of carbonyl (C=O) groups excluding carboxylic acids is 1. The van der Waals surface area contributed by atoms with Gasteiger partial charge in [0.1, 0.15) is 12.4 Å². The second kappa shape index (κ2) is 15.5. The van der Waals surface area contributed by atoms with Gasteiger partial charge in [-0.3, -0.25) is 4.79 Å². The van der Waals surface area contributed by atoms with E-state index < -0.39 is 0 Å². The van der Waals surface area contributed by atoms with Gasteiger partial charge in [-0.25, -0.2) is 9.13 Å². The van der Waals surface area contributed by atoms with Crippen LogP contribution in [0.15, 0.2) is 18.7 Å². The Hall–Kier alpha value is -1.03. The standard InChI is InChI=1S/C19H35N2O2.ClH/c1-3-4-5-6-7-8-9-10-11-12-13-14-19(22)23-18-21-16-15-20(2)17-21;/h15-17H,3-14,18H2,1-2H3;1H/q+1;/p-1. The second-order valence-electron chi connectivity index (χ2n) is 6.52. The highest BCUT2D eigenvalue weighted by atomic mass is 35.5. The Bertz CT molecular complexity index is 421. The van der Waals surface area contributed by atoms with Crippen molar-refractivity contribution >= 4 is 5.97 Å². The van der Waals surface area contributed by atoms with Gasteiger partial charge in [0.25, 0.3) is 0 Å². The molecular formula is C19H35ClN2O2. The fourth-order valence-corrected chi connectivity index (χ4v) is 2.73. The Morgan fingerprint density at radius 2 is 1.50 bits per heavy atom. The summed E-state index contributed by atoms with van der Waals surface area (Å²) in [5.74, 6) is -0.0859. The number of aryl methyl sites for hydroxylation is 1. The van der Waals surface area contributed by atoms with Crippen molar-refractivity contribution in [2.45, 2.75) is 90.7 Å². The SMILES string of the molecule is CCCCCCCCCCCCCC(=O)OC[n+]1ccn(C)c1.[Cl-]. The summed E-state index contributed by atoms with van der Waals surface area (Å²) in [4.78, 5) is 11.6. The number of imidazole rings is 1. The van der Waals surface area contributed by atoms with Crippen LogP contribution in [0.5, 0.6) is 0 Å². The molecule has 0 radical (unpaired) electrons. The molecule has 140 valence electrons. The van der Waals surface area contributed by atoms with E-state index in [4.69, 9.17) is 4.74 Å². The van der Waals surface area contributed by atoms with E-state index >= 15 is 0 Å². The van der Waals surface area contributed by atoms with E-state index in [2.05, 4.69) is 6.92 Å². The van der Waals surface area contributed by atoms with Gasteiger partial charge < -0.3 is 17.1 Å². The Labute approximate surface area is 154 Å². The maximum atomic E-state index is 11.6. The molecular weight excluding hydrogens is 324 g/mol. The van der Waals surface area contributed by atoms with Crippen molar-refractivity contribution in [1.82, 2.24) is 4.57 Å². The molecule has 0 aliphatic carbocycles. The largest absolute Gasteiger partial charge is 1.00 e. The zero-order valence-electron chi connectivity index (χ0n) is 15.5. The van der Waals surface area contributed by atoms with Crippen LogP contribution in [0.1, 0.15) is 84.0 Å². The fourth-order valence-electron chi connectivity index (χ4n) is 2.73. The molecule has 1 aromatic heterocycles. The first-order valence-corrected chi connectivity index (χ1v) is 9.39. The molecule has 0 unspecified atom stereocenters. The zero-order chi connectivity index (χ0) is 16.8. The van der Waals surface area contributed by atoms with E-state index in [0.717, 1.165) is 12.8 Å². The van der Waals surface area contributed by atoms with Crippen LogP contribution in [0, 0.1) is 0 Å². The summed E-state index contributed by atoms with van der Waals surface area (Å²) in [7, 11) is 1.95. The molecule has 4 nitrogen and oxygen atoms in total. The number of rotatable bonds is 14. The van der Waals surface area contributed by atoms with Gasteiger partial charge in [-0.05, 0) is 6.42 Å². The first-order chi connectivity index (χ1) is 11.2. The molecule has 0 atom stereocenters. The van der Waals surface area contributed by atoms with Crippen LogP contribution in [-0.4, -0.2) is 10.5 Å². The summed E-state index contributed by atoms with van der Waals surface area (Å²) >= 11 is 0. The van der Waals surface area contributed by atoms with Crippen LogP contribution in [0.2, 0.25) is 0 Å². The smallest absolute Gasteiger partial charge is 0.308 e. The molecule has 24 heavy (non-hydrogen) atoms. The van der Waals surface area contributed by atoms with E-state index in [1.54, 1.807) is 0 Å². The molecule has 0 aliphatic rings. The van der Waals surface area contributed by atoms with Gasteiger partial charge in [-0.15, -0.1) is 0 Å². The lowest BCUT2D eigenvalue weighted by Crippen LogP contribution is -3.00. The summed E-state index contributed by atoms with van der Waals surface area (Å²) in [6.45, 7) is 2.58. The molecule has 0 aliphatic heterocycles. The van der Waals surface area contributed by atoms with Gasteiger partial charge in [0.05, 0.1) is 7.05 Å². The van der Waals surface area contributed by atoms with E-state index in [1.165, 1.54) is 57.8 Å². The van der Waals surface area contributed by atoms with Gasteiger partial charge in [-0.2, -0.15) is 0 Å². The minimum Gasteiger partial charge on any atom is -1.00 e. The Morgan fingerprint density at radius 3 is 2.00 bits per heavy atom. The van der Waals surface area contributed by atoms with Crippen LogP contribution in [0.4, 0.5) is 0 Å². The van der Waals surface area contributed by atoms with Crippen LogP contribution in [0.25, 0.3) is 0 Å². The molecule has 0 saturated carbocycles. The van der Waals surface area contributed by atoms with Crippen molar-refractivity contribution in [1.29, 1.82) is 0 Å². The van der Waals surface area contributed by atoms with Crippen LogP contribution >= 0.6 is 0 Å². The van der Waals surface area contributed by atoms with E-state index in [-0.39, 0.29) is 18.4 Å². The van der Waals surface area contributed by atoms with Crippen LogP contribution in [-0.2, 0) is 23.3 Å². The van der Waals surface area contributed by atoms with Crippen molar-refractivity contribution < 1.29 is 26.5 Å². The molecule has 5 heteroatoms. The van der Waals surface area contributed by atoms with Gasteiger partial charge in [0, 0.05) is 6.42 Å². The monoisotopic (exact) mass is 358 g/mol. The normalized spacial score (nSPS) is 10.4. The summed E-state index contributed by atoms with van der Waals surface area (Å²) in [6, 6.07) is 0. The minimum absolute atomic E-state index is 0. The third-order valence-corrected chi connectivity index (χ3v) is 4.18. The molecule has 1 rings (SSSR count). The van der Waals surface area contributed by atoms with Crippen molar-refractivity contribution in [2.24, 2.45) is 7.05 Å². The molecule has 0 aromatic carbocycles. The number of halogens is 1. The van der Waals surface area contributed by atoms with Crippen molar-refractivity contribution in [3.05, 3.63) is 18.7 Å². The quantitative estimate of drug-likeness (QED) is 0.287. The summed E-state index contributed by atoms with van der Waals surface area (Å²) in [5, 5.41) is 0. The Balaban J connectivity index is 0.00000529. The van der Waals surface area contributed by atoms with Crippen LogP contribution in [0.3, 0.4) is 0 Å². The minimum atomic E-state index is -0.0859. The van der Waals surface area contributed by atoms with E-state index in [1.807, 2.05) is 34.9 Å².